The molecule has 1 unspecified atom stereocenters. The van der Waals surface area contributed by atoms with E-state index in [1.54, 1.807) is 12.1 Å². The summed E-state index contributed by atoms with van der Waals surface area (Å²) < 4.78 is 39.3. The lowest BCUT2D eigenvalue weighted by atomic mass is 10.0. The van der Waals surface area contributed by atoms with Gasteiger partial charge in [-0.05, 0) is 41.0 Å². The summed E-state index contributed by atoms with van der Waals surface area (Å²) in [6.07, 6.45) is 0.831. The first-order chi connectivity index (χ1) is 10.1. The fourth-order valence-corrected chi connectivity index (χ4v) is 2.39. The SMILES string of the molecule is CCCNC(c1ccc(Br)o1)c1c(F)cc(OC)cc1F. The molecule has 0 bridgehead atoms. The van der Waals surface area contributed by atoms with Gasteiger partial charge in [0, 0.05) is 17.7 Å². The van der Waals surface area contributed by atoms with Crippen molar-refractivity contribution in [3.63, 3.8) is 0 Å². The molecule has 1 atom stereocenters. The molecular formula is C15H16BrF2NO2. The van der Waals surface area contributed by atoms with E-state index in [1.165, 1.54) is 7.11 Å². The van der Waals surface area contributed by atoms with Gasteiger partial charge >= 0.3 is 0 Å². The van der Waals surface area contributed by atoms with E-state index in [-0.39, 0.29) is 11.3 Å². The smallest absolute Gasteiger partial charge is 0.169 e. The zero-order valence-electron chi connectivity index (χ0n) is 11.8. The highest BCUT2D eigenvalue weighted by Crippen LogP contribution is 2.31. The van der Waals surface area contributed by atoms with Gasteiger partial charge in [0.05, 0.1) is 13.2 Å². The molecule has 0 aliphatic heterocycles. The number of nitrogens with one attached hydrogen (secondary N) is 1. The van der Waals surface area contributed by atoms with Crippen LogP contribution in [0.2, 0.25) is 0 Å². The van der Waals surface area contributed by atoms with E-state index in [2.05, 4.69) is 21.2 Å². The Kier molecular flexibility index (Phi) is 5.36. The van der Waals surface area contributed by atoms with E-state index >= 15 is 0 Å². The fourth-order valence-electron chi connectivity index (χ4n) is 2.07. The summed E-state index contributed by atoms with van der Waals surface area (Å²) in [4.78, 5) is 0. The molecule has 0 fully saturated rings. The third-order valence-corrected chi connectivity index (χ3v) is 3.48. The minimum Gasteiger partial charge on any atom is -0.497 e. The van der Waals surface area contributed by atoms with Crippen LogP contribution in [-0.4, -0.2) is 13.7 Å². The van der Waals surface area contributed by atoms with Gasteiger partial charge in [0.25, 0.3) is 0 Å². The summed E-state index contributed by atoms with van der Waals surface area (Å²) in [7, 11) is 1.37. The van der Waals surface area contributed by atoms with E-state index in [1.807, 2.05) is 6.92 Å². The van der Waals surface area contributed by atoms with E-state index in [0.29, 0.717) is 17.0 Å². The Morgan fingerprint density at radius 1 is 1.29 bits per heavy atom. The van der Waals surface area contributed by atoms with E-state index < -0.39 is 17.7 Å². The second-order valence-electron chi connectivity index (χ2n) is 4.53. The molecule has 114 valence electrons. The molecule has 2 aromatic rings. The van der Waals surface area contributed by atoms with Gasteiger partial charge in [0.2, 0.25) is 0 Å². The zero-order chi connectivity index (χ0) is 15.4. The number of halogens is 3. The van der Waals surface area contributed by atoms with E-state index in [0.717, 1.165) is 18.6 Å². The third-order valence-electron chi connectivity index (χ3n) is 3.05. The molecule has 1 aromatic carbocycles. The highest BCUT2D eigenvalue weighted by Gasteiger charge is 2.25. The average molecular weight is 360 g/mol. The topological polar surface area (TPSA) is 34.4 Å². The maximum atomic E-state index is 14.3. The Balaban J connectivity index is 2.46. The fraction of sp³-hybridized carbons (Fsp3) is 0.333. The van der Waals surface area contributed by atoms with Crippen molar-refractivity contribution in [2.24, 2.45) is 0 Å². The van der Waals surface area contributed by atoms with Crippen LogP contribution in [0.25, 0.3) is 0 Å². The van der Waals surface area contributed by atoms with Gasteiger partial charge in [-0.25, -0.2) is 8.78 Å². The minimum absolute atomic E-state index is 0.0777. The molecule has 1 aromatic heterocycles. The second-order valence-corrected chi connectivity index (χ2v) is 5.32. The van der Waals surface area contributed by atoms with Gasteiger partial charge in [-0.1, -0.05) is 6.92 Å². The van der Waals surface area contributed by atoms with Crippen molar-refractivity contribution in [2.75, 3.05) is 13.7 Å². The molecular weight excluding hydrogens is 344 g/mol. The predicted octanol–water partition coefficient (Wildman–Crippen LogP) is 4.42. The molecule has 6 heteroatoms. The highest BCUT2D eigenvalue weighted by molar-refractivity contribution is 9.10. The summed E-state index contributed by atoms with van der Waals surface area (Å²) in [6.45, 7) is 2.58. The summed E-state index contributed by atoms with van der Waals surface area (Å²) in [5.41, 5.74) is -0.0777. The van der Waals surface area contributed by atoms with E-state index in [4.69, 9.17) is 9.15 Å². The van der Waals surface area contributed by atoms with Crippen molar-refractivity contribution in [1.29, 1.82) is 0 Å². The van der Waals surface area contributed by atoms with Crippen molar-refractivity contribution in [1.82, 2.24) is 5.32 Å². The van der Waals surface area contributed by atoms with Crippen LogP contribution in [0, 0.1) is 11.6 Å². The summed E-state index contributed by atoms with van der Waals surface area (Å²) in [5, 5.41) is 3.10. The van der Waals surface area contributed by atoms with Crippen molar-refractivity contribution < 1.29 is 17.9 Å². The molecule has 1 N–H and O–H groups in total. The lowest BCUT2D eigenvalue weighted by Crippen LogP contribution is -2.25. The monoisotopic (exact) mass is 359 g/mol. The standard InChI is InChI=1S/C15H16BrF2NO2/c1-3-6-19-15(12-4-5-13(16)21-12)14-10(17)7-9(20-2)8-11(14)18/h4-5,7-8,15,19H,3,6H2,1-2H3. The third kappa shape index (κ3) is 3.63. The Morgan fingerprint density at radius 3 is 2.43 bits per heavy atom. The first-order valence-corrected chi connectivity index (χ1v) is 7.37. The molecule has 0 radical (unpaired) electrons. The number of benzene rings is 1. The van der Waals surface area contributed by atoms with Crippen LogP contribution in [0.1, 0.15) is 30.7 Å². The minimum atomic E-state index is -0.692. The number of ether oxygens (including phenoxy) is 1. The van der Waals surface area contributed by atoms with Gasteiger partial charge in [-0.15, -0.1) is 0 Å². The Hall–Kier alpha value is -1.40. The Bertz CT molecular complexity index is 592. The van der Waals surface area contributed by atoms with Gasteiger partial charge < -0.3 is 14.5 Å². The Morgan fingerprint density at radius 2 is 1.95 bits per heavy atom. The van der Waals surface area contributed by atoms with Crippen LogP contribution in [0.15, 0.2) is 33.4 Å². The molecule has 1 heterocycles. The van der Waals surface area contributed by atoms with Crippen LogP contribution in [-0.2, 0) is 0 Å². The predicted molar refractivity (Wildman–Crippen MR) is 79.5 cm³/mol. The largest absolute Gasteiger partial charge is 0.497 e. The van der Waals surface area contributed by atoms with Crippen LogP contribution in [0.4, 0.5) is 8.78 Å². The summed E-state index contributed by atoms with van der Waals surface area (Å²) in [6, 6.07) is 5.01. The maximum Gasteiger partial charge on any atom is 0.169 e. The number of furan rings is 1. The van der Waals surface area contributed by atoms with Gasteiger partial charge in [0.1, 0.15) is 23.1 Å². The molecule has 3 nitrogen and oxygen atoms in total. The van der Waals surface area contributed by atoms with E-state index in [9.17, 15) is 8.78 Å². The second kappa shape index (κ2) is 7.04. The number of methoxy groups -OCH3 is 1. The maximum absolute atomic E-state index is 14.3. The van der Waals surface area contributed by atoms with Gasteiger partial charge in [-0.3, -0.25) is 0 Å². The molecule has 0 spiro atoms. The molecule has 0 saturated carbocycles. The molecule has 0 aliphatic carbocycles. The number of hydrogen-bond acceptors (Lipinski definition) is 3. The number of rotatable bonds is 6. The van der Waals surface area contributed by atoms with Gasteiger partial charge in [0.15, 0.2) is 4.67 Å². The molecule has 0 amide bonds. The quantitative estimate of drug-likeness (QED) is 0.828. The first-order valence-electron chi connectivity index (χ1n) is 6.58. The average Bonchev–Trinajstić information content (AvgIpc) is 2.87. The van der Waals surface area contributed by atoms with Crippen LogP contribution >= 0.6 is 15.9 Å². The van der Waals surface area contributed by atoms with Crippen LogP contribution < -0.4 is 10.1 Å². The van der Waals surface area contributed by atoms with Crippen LogP contribution in [0.5, 0.6) is 5.75 Å². The van der Waals surface area contributed by atoms with Crippen molar-refractivity contribution in [3.05, 3.63) is 51.9 Å². The summed E-state index contributed by atoms with van der Waals surface area (Å²) in [5.74, 6) is -0.761. The summed E-state index contributed by atoms with van der Waals surface area (Å²) >= 11 is 3.20. The zero-order valence-corrected chi connectivity index (χ0v) is 13.3. The lowest BCUT2D eigenvalue weighted by Gasteiger charge is -2.18. The number of hydrogen-bond donors (Lipinski definition) is 1. The molecule has 0 saturated heterocycles. The van der Waals surface area contributed by atoms with Crippen molar-refractivity contribution >= 4 is 15.9 Å². The van der Waals surface area contributed by atoms with Crippen molar-refractivity contribution in [2.45, 2.75) is 19.4 Å². The molecule has 21 heavy (non-hydrogen) atoms. The van der Waals surface area contributed by atoms with Crippen LogP contribution in [0.3, 0.4) is 0 Å². The first kappa shape index (κ1) is 16.0. The molecule has 2 rings (SSSR count). The van der Waals surface area contributed by atoms with Crippen molar-refractivity contribution in [3.8, 4) is 5.75 Å². The van der Waals surface area contributed by atoms with Gasteiger partial charge in [-0.2, -0.15) is 0 Å². The lowest BCUT2D eigenvalue weighted by molar-refractivity contribution is 0.393. The normalized spacial score (nSPS) is 12.4. The highest BCUT2D eigenvalue weighted by atomic mass is 79.9. The molecule has 0 aliphatic rings. The Labute approximate surface area is 130 Å².